The second-order valence-corrected chi connectivity index (χ2v) is 11.5. The fourth-order valence-electron chi connectivity index (χ4n) is 3.17. The monoisotopic (exact) mass is 512 g/mol. The lowest BCUT2D eigenvalue weighted by Crippen LogP contribution is -2.23. The number of phosphoric acid groups is 1. The van der Waals surface area contributed by atoms with Gasteiger partial charge in [0.1, 0.15) is 6.10 Å². The number of allylic oxidation sites excluding steroid dienone is 8. The van der Waals surface area contributed by atoms with E-state index in [1.807, 2.05) is 13.0 Å². The molecule has 35 heavy (non-hydrogen) atoms. The van der Waals surface area contributed by atoms with Gasteiger partial charge in [-0.1, -0.05) is 73.1 Å². The predicted octanol–water partition coefficient (Wildman–Crippen LogP) is 7.20. The van der Waals surface area contributed by atoms with E-state index >= 15 is 0 Å². The van der Waals surface area contributed by atoms with Crippen molar-refractivity contribution in [2.24, 2.45) is 5.41 Å². The first-order chi connectivity index (χ1) is 16.2. The number of phosphoric ester groups is 1. The third-order valence-electron chi connectivity index (χ3n) is 5.62. The summed E-state index contributed by atoms with van der Waals surface area (Å²) in [5.41, 5.74) is 5.34. The summed E-state index contributed by atoms with van der Waals surface area (Å²) in [5.74, 6) is 0. The van der Waals surface area contributed by atoms with Crippen molar-refractivity contribution >= 4 is 7.82 Å². The first kappa shape index (κ1) is 33.7. The molecular weight excluding hydrogens is 463 g/mol. The van der Waals surface area contributed by atoms with E-state index in [9.17, 15) is 9.67 Å². The van der Waals surface area contributed by atoms with Gasteiger partial charge in [0.25, 0.3) is 0 Å². The van der Waals surface area contributed by atoms with Crippen molar-refractivity contribution in [3.63, 3.8) is 0 Å². The Morgan fingerprint density at radius 2 is 1.63 bits per heavy atom. The molecule has 0 aliphatic heterocycles. The highest BCUT2D eigenvalue weighted by molar-refractivity contribution is 7.46. The molecule has 0 saturated carbocycles. The largest absolute Gasteiger partial charge is 0.469 e. The van der Waals surface area contributed by atoms with E-state index in [4.69, 9.17) is 14.5 Å². The highest BCUT2D eigenvalue weighted by Crippen LogP contribution is 2.35. The van der Waals surface area contributed by atoms with Crippen LogP contribution in [-0.2, 0) is 13.8 Å². The van der Waals surface area contributed by atoms with Gasteiger partial charge >= 0.3 is 7.82 Å². The molecule has 0 spiro atoms. The van der Waals surface area contributed by atoms with Crippen LogP contribution in [0.3, 0.4) is 0 Å². The standard InChI is InChI=1S/C28H49O6P/c1-23(2)11-10-13-24(3)14-15-26(5)16-19-28(6,7)18-9-8-12-25(4)17-20-33-27(21-29)22-34-35(30,31)32/h9,11,14,17-18,27,29H,5,8,10,12-13,15-16,19-22H2,1-4,6-7H3,(H2,30,31,32)/b18-9+,24-14+,25-17-/t27-/m1/s1. The van der Waals surface area contributed by atoms with Crippen LogP contribution in [0.5, 0.6) is 0 Å². The number of ether oxygens (including phenoxy) is 1. The number of hydrogen-bond donors (Lipinski definition) is 3. The van der Waals surface area contributed by atoms with Crippen LogP contribution in [0.25, 0.3) is 0 Å². The summed E-state index contributed by atoms with van der Waals surface area (Å²) in [6.07, 6.45) is 17.3. The molecule has 0 saturated heterocycles. The molecule has 6 nitrogen and oxygen atoms in total. The molecule has 0 amide bonds. The van der Waals surface area contributed by atoms with Gasteiger partial charge in [0.2, 0.25) is 0 Å². The summed E-state index contributed by atoms with van der Waals surface area (Å²) in [5, 5.41) is 9.22. The van der Waals surface area contributed by atoms with Crippen molar-refractivity contribution in [3.05, 3.63) is 59.3 Å². The van der Waals surface area contributed by atoms with Gasteiger partial charge in [-0.3, -0.25) is 4.52 Å². The maximum absolute atomic E-state index is 10.7. The minimum absolute atomic E-state index is 0.110. The van der Waals surface area contributed by atoms with Crippen LogP contribution < -0.4 is 0 Å². The van der Waals surface area contributed by atoms with Crippen molar-refractivity contribution in [1.29, 1.82) is 0 Å². The van der Waals surface area contributed by atoms with Crippen LogP contribution in [0, 0.1) is 5.41 Å². The van der Waals surface area contributed by atoms with Crippen LogP contribution >= 0.6 is 7.82 Å². The van der Waals surface area contributed by atoms with Gasteiger partial charge in [-0.2, -0.15) is 0 Å². The molecule has 0 radical (unpaired) electrons. The van der Waals surface area contributed by atoms with Gasteiger partial charge in [-0.15, -0.1) is 0 Å². The van der Waals surface area contributed by atoms with Crippen molar-refractivity contribution in [2.45, 2.75) is 92.6 Å². The average molecular weight is 513 g/mol. The Balaban J connectivity index is 4.29. The van der Waals surface area contributed by atoms with Gasteiger partial charge < -0.3 is 19.6 Å². The third-order valence-corrected chi connectivity index (χ3v) is 6.11. The quantitative estimate of drug-likeness (QED) is 0.125. The maximum atomic E-state index is 10.7. The summed E-state index contributed by atoms with van der Waals surface area (Å²) in [6.45, 7) is 16.8. The van der Waals surface area contributed by atoms with Crippen molar-refractivity contribution in [2.75, 3.05) is 19.8 Å². The molecule has 0 bridgehead atoms. The molecule has 0 rings (SSSR count). The first-order valence-corrected chi connectivity index (χ1v) is 14.0. The Bertz CT molecular complexity index is 781. The van der Waals surface area contributed by atoms with Crippen molar-refractivity contribution in [3.8, 4) is 0 Å². The van der Waals surface area contributed by atoms with E-state index in [1.165, 1.54) is 16.7 Å². The van der Waals surface area contributed by atoms with Crippen LogP contribution in [0.2, 0.25) is 0 Å². The van der Waals surface area contributed by atoms with Crippen LogP contribution in [-0.4, -0.2) is 40.8 Å². The second kappa shape index (κ2) is 18.0. The molecule has 1 atom stereocenters. The van der Waals surface area contributed by atoms with Crippen LogP contribution in [0.1, 0.15) is 86.5 Å². The zero-order valence-corrected chi connectivity index (χ0v) is 23.7. The molecule has 0 aliphatic carbocycles. The first-order valence-electron chi connectivity index (χ1n) is 12.5. The maximum Gasteiger partial charge on any atom is 0.469 e. The fourth-order valence-corrected chi connectivity index (χ4v) is 3.53. The zero-order chi connectivity index (χ0) is 26.9. The van der Waals surface area contributed by atoms with Gasteiger partial charge in [0.15, 0.2) is 0 Å². The minimum Gasteiger partial charge on any atom is -0.394 e. The number of aliphatic hydroxyl groups is 1. The Morgan fingerprint density at radius 1 is 1.00 bits per heavy atom. The van der Waals surface area contributed by atoms with Crippen molar-refractivity contribution < 1.29 is 28.7 Å². The van der Waals surface area contributed by atoms with E-state index in [1.54, 1.807) is 0 Å². The summed E-state index contributed by atoms with van der Waals surface area (Å²) in [4.78, 5) is 17.4. The average Bonchev–Trinajstić information content (AvgIpc) is 2.75. The summed E-state index contributed by atoms with van der Waals surface area (Å²) in [6, 6.07) is 0. The molecule has 0 aromatic rings. The van der Waals surface area contributed by atoms with E-state index in [0.29, 0.717) is 0 Å². The summed E-state index contributed by atoms with van der Waals surface area (Å²) in [7, 11) is -4.56. The molecule has 202 valence electrons. The second-order valence-electron chi connectivity index (χ2n) is 10.2. The van der Waals surface area contributed by atoms with E-state index < -0.39 is 13.9 Å². The molecule has 0 aromatic heterocycles. The normalized spacial score (nSPS) is 14.4. The van der Waals surface area contributed by atoms with E-state index in [-0.39, 0.29) is 25.2 Å². The SMILES string of the molecule is C=C(C/C=C(\C)CCC=C(C)C)CCC(C)(C)/C=C/CC/C(C)=C\CO[C@H](CO)COP(=O)(O)O. The molecule has 0 aromatic carbocycles. The molecule has 7 heteroatoms. The third kappa shape index (κ3) is 21.7. The molecular formula is C28H49O6P. The van der Waals surface area contributed by atoms with Crippen LogP contribution in [0.4, 0.5) is 0 Å². The Hall–Kier alpha value is -1.27. The van der Waals surface area contributed by atoms with Gasteiger partial charge in [0.05, 0.1) is 19.8 Å². The highest BCUT2D eigenvalue weighted by atomic mass is 31.2. The van der Waals surface area contributed by atoms with Gasteiger partial charge in [-0.25, -0.2) is 4.57 Å². The Labute approximate surface area is 213 Å². The number of rotatable bonds is 19. The van der Waals surface area contributed by atoms with Gasteiger partial charge in [-0.05, 0) is 78.1 Å². The molecule has 3 N–H and O–H groups in total. The van der Waals surface area contributed by atoms with E-state index in [0.717, 1.165) is 50.5 Å². The van der Waals surface area contributed by atoms with Crippen LogP contribution in [0.15, 0.2) is 59.3 Å². The lowest BCUT2D eigenvalue weighted by molar-refractivity contribution is -0.00741. The summed E-state index contributed by atoms with van der Waals surface area (Å²) < 4.78 is 20.5. The summed E-state index contributed by atoms with van der Waals surface area (Å²) >= 11 is 0. The predicted molar refractivity (Wildman–Crippen MR) is 146 cm³/mol. The number of aliphatic hydroxyl groups excluding tert-OH is 1. The fraction of sp³-hybridized carbons (Fsp3) is 0.643. The molecule has 0 aliphatic rings. The van der Waals surface area contributed by atoms with E-state index in [2.05, 4.69) is 70.0 Å². The van der Waals surface area contributed by atoms with Crippen molar-refractivity contribution in [1.82, 2.24) is 0 Å². The molecule has 0 unspecified atom stereocenters. The highest BCUT2D eigenvalue weighted by Gasteiger charge is 2.18. The smallest absolute Gasteiger partial charge is 0.394 e. The lowest BCUT2D eigenvalue weighted by atomic mass is 9.85. The van der Waals surface area contributed by atoms with Gasteiger partial charge in [0, 0.05) is 0 Å². The Kier molecular flexibility index (Phi) is 17.4. The Morgan fingerprint density at radius 3 is 2.23 bits per heavy atom. The lowest BCUT2D eigenvalue weighted by Gasteiger charge is -2.20. The topological polar surface area (TPSA) is 96.2 Å². The zero-order valence-electron chi connectivity index (χ0n) is 22.8. The number of hydrogen-bond acceptors (Lipinski definition) is 4. The molecule has 0 fully saturated rings. The minimum atomic E-state index is -4.56. The molecule has 0 heterocycles.